The lowest BCUT2D eigenvalue weighted by molar-refractivity contribution is -0.138. The Labute approximate surface area is 130 Å². The van der Waals surface area contributed by atoms with Crippen molar-refractivity contribution in [1.82, 2.24) is 9.46 Å². The van der Waals surface area contributed by atoms with Crippen LogP contribution in [0.2, 0.25) is 0 Å². The highest BCUT2D eigenvalue weighted by atomic mass is 32.2. The Hall–Kier alpha value is -1.41. The van der Waals surface area contributed by atoms with E-state index in [-0.39, 0.29) is 23.2 Å². The fraction of sp³-hybridized carbons (Fsp3) is 0.714. The van der Waals surface area contributed by atoms with E-state index in [9.17, 15) is 13.2 Å². The van der Waals surface area contributed by atoms with Crippen LogP contribution in [0.4, 0.5) is 0 Å². The molecule has 8 heteroatoms. The summed E-state index contributed by atoms with van der Waals surface area (Å²) in [5, 5.41) is 12.7. The summed E-state index contributed by atoms with van der Waals surface area (Å²) in [7, 11) is -3.65. The second kappa shape index (κ2) is 6.37. The fourth-order valence-electron chi connectivity index (χ4n) is 3.19. The molecule has 2 atom stereocenters. The summed E-state index contributed by atoms with van der Waals surface area (Å²) in [6, 6.07) is 0. The number of carboxylic acid groups (broad SMARTS) is 1. The number of hydrogen-bond acceptors (Lipinski definition) is 5. The molecule has 0 spiro atoms. The molecule has 124 valence electrons. The molecule has 0 radical (unpaired) electrons. The number of aromatic nitrogens is 1. The maximum absolute atomic E-state index is 12.8. The average molecular weight is 330 g/mol. The molecule has 0 amide bonds. The van der Waals surface area contributed by atoms with Gasteiger partial charge in [-0.2, -0.15) is 4.31 Å². The van der Waals surface area contributed by atoms with Gasteiger partial charge >= 0.3 is 5.97 Å². The smallest absolute Gasteiger partial charge is 0.303 e. The Kier molecular flexibility index (Phi) is 4.91. The van der Waals surface area contributed by atoms with Gasteiger partial charge in [-0.3, -0.25) is 4.79 Å². The molecule has 1 fully saturated rings. The second-order valence-corrected chi connectivity index (χ2v) is 7.71. The first kappa shape index (κ1) is 17.0. The lowest BCUT2D eigenvalue weighted by Crippen LogP contribution is -2.44. The molecule has 7 nitrogen and oxygen atoms in total. The molecule has 1 aromatic heterocycles. The quantitative estimate of drug-likeness (QED) is 0.883. The predicted octanol–water partition coefficient (Wildman–Crippen LogP) is 1.80. The molecule has 0 bridgehead atoms. The van der Waals surface area contributed by atoms with Gasteiger partial charge in [0.2, 0.25) is 10.0 Å². The molecule has 2 heterocycles. The van der Waals surface area contributed by atoms with Crippen LogP contribution in [0.25, 0.3) is 0 Å². The number of rotatable bonds is 5. The van der Waals surface area contributed by atoms with Gasteiger partial charge in [0.25, 0.3) is 0 Å². The van der Waals surface area contributed by atoms with Gasteiger partial charge in [-0.1, -0.05) is 18.5 Å². The molecule has 22 heavy (non-hydrogen) atoms. The summed E-state index contributed by atoms with van der Waals surface area (Å²) < 4.78 is 32.0. The Bertz CT molecular complexity index is 633. The summed E-state index contributed by atoms with van der Waals surface area (Å²) in [5.41, 5.74) is 0.359. The SMILES string of the molecule is CC[C@H]1CN(S(=O)(=O)c2c(C)noc2C)CC[C@H]1CC(=O)O. The van der Waals surface area contributed by atoms with Crippen LogP contribution in [0, 0.1) is 25.7 Å². The summed E-state index contributed by atoms with van der Waals surface area (Å²) >= 11 is 0. The van der Waals surface area contributed by atoms with E-state index in [2.05, 4.69) is 5.16 Å². The van der Waals surface area contributed by atoms with Gasteiger partial charge in [-0.05, 0) is 32.1 Å². The third-order valence-corrected chi connectivity index (χ3v) is 6.49. The first-order valence-electron chi connectivity index (χ1n) is 7.42. The maximum Gasteiger partial charge on any atom is 0.303 e. The van der Waals surface area contributed by atoms with Gasteiger partial charge in [-0.25, -0.2) is 8.42 Å². The number of hydrogen-bond donors (Lipinski definition) is 1. The number of sulfonamides is 1. The molecule has 0 aliphatic carbocycles. The van der Waals surface area contributed by atoms with Crippen molar-refractivity contribution in [2.45, 2.75) is 44.9 Å². The van der Waals surface area contributed by atoms with Crippen LogP contribution in [0.5, 0.6) is 0 Å². The number of piperidine rings is 1. The van der Waals surface area contributed by atoms with Crippen molar-refractivity contribution in [3.05, 3.63) is 11.5 Å². The lowest BCUT2D eigenvalue weighted by Gasteiger charge is -2.36. The first-order valence-corrected chi connectivity index (χ1v) is 8.86. The van der Waals surface area contributed by atoms with Crippen LogP contribution in [-0.4, -0.2) is 42.0 Å². The highest BCUT2D eigenvalue weighted by Gasteiger charge is 2.38. The van der Waals surface area contributed by atoms with Crippen LogP contribution in [0.15, 0.2) is 9.42 Å². The van der Waals surface area contributed by atoms with Crippen molar-refractivity contribution in [2.24, 2.45) is 11.8 Å². The highest BCUT2D eigenvalue weighted by Crippen LogP contribution is 2.33. The van der Waals surface area contributed by atoms with E-state index in [4.69, 9.17) is 9.63 Å². The number of aryl methyl sites for hydroxylation is 2. The number of aliphatic carboxylic acids is 1. The third kappa shape index (κ3) is 3.17. The monoisotopic (exact) mass is 330 g/mol. The maximum atomic E-state index is 12.8. The number of carbonyl (C=O) groups is 1. The largest absolute Gasteiger partial charge is 0.481 e. The van der Waals surface area contributed by atoms with Gasteiger partial charge < -0.3 is 9.63 Å². The molecule has 1 N–H and O–H groups in total. The fourth-order valence-corrected chi connectivity index (χ4v) is 5.00. The van der Waals surface area contributed by atoms with Crippen molar-refractivity contribution in [2.75, 3.05) is 13.1 Å². The molecule has 2 rings (SSSR count). The Morgan fingerprint density at radius 2 is 2.09 bits per heavy atom. The number of carboxylic acids is 1. The van der Waals surface area contributed by atoms with E-state index in [0.29, 0.717) is 31.0 Å². The molecular weight excluding hydrogens is 308 g/mol. The van der Waals surface area contributed by atoms with E-state index in [1.54, 1.807) is 13.8 Å². The molecule has 0 saturated carbocycles. The van der Waals surface area contributed by atoms with E-state index >= 15 is 0 Å². The minimum Gasteiger partial charge on any atom is -0.481 e. The van der Waals surface area contributed by atoms with Gasteiger partial charge in [0.1, 0.15) is 10.6 Å². The Balaban J connectivity index is 2.23. The van der Waals surface area contributed by atoms with Crippen LogP contribution in [-0.2, 0) is 14.8 Å². The van der Waals surface area contributed by atoms with Crippen LogP contribution >= 0.6 is 0 Å². The minimum absolute atomic E-state index is 0.0265. The first-order chi connectivity index (χ1) is 10.3. The van der Waals surface area contributed by atoms with Gasteiger partial charge in [0.05, 0.1) is 0 Å². The molecule has 0 unspecified atom stereocenters. The molecule has 1 aliphatic rings. The van der Waals surface area contributed by atoms with E-state index in [0.717, 1.165) is 6.42 Å². The lowest BCUT2D eigenvalue weighted by atomic mass is 9.82. The molecular formula is C14H22N2O5S. The van der Waals surface area contributed by atoms with E-state index in [1.165, 1.54) is 4.31 Å². The van der Waals surface area contributed by atoms with E-state index < -0.39 is 16.0 Å². The second-order valence-electron chi connectivity index (χ2n) is 5.83. The zero-order chi connectivity index (χ0) is 16.5. The van der Waals surface area contributed by atoms with Gasteiger partial charge in [0.15, 0.2) is 5.76 Å². The number of nitrogens with zero attached hydrogens (tertiary/aromatic N) is 2. The zero-order valence-electron chi connectivity index (χ0n) is 13.1. The highest BCUT2D eigenvalue weighted by molar-refractivity contribution is 7.89. The summed E-state index contributed by atoms with van der Waals surface area (Å²) in [6.45, 7) is 5.84. The van der Waals surface area contributed by atoms with Crippen molar-refractivity contribution in [3.8, 4) is 0 Å². The Morgan fingerprint density at radius 1 is 1.41 bits per heavy atom. The third-order valence-electron chi connectivity index (χ3n) is 4.38. The zero-order valence-corrected chi connectivity index (χ0v) is 13.9. The van der Waals surface area contributed by atoms with Crippen molar-refractivity contribution in [1.29, 1.82) is 0 Å². The van der Waals surface area contributed by atoms with Crippen molar-refractivity contribution >= 4 is 16.0 Å². The molecule has 1 aromatic rings. The molecule has 0 aromatic carbocycles. The van der Waals surface area contributed by atoms with Crippen LogP contribution in [0.1, 0.15) is 37.6 Å². The standard InChI is InChI=1S/C14H22N2O5S/c1-4-11-8-16(6-5-12(11)7-13(17)18)22(19,20)14-9(2)15-21-10(14)3/h11-12H,4-8H2,1-3H3,(H,17,18)/t11-,12-/m0/s1. The van der Waals surface area contributed by atoms with Crippen molar-refractivity contribution < 1.29 is 22.8 Å². The predicted molar refractivity (Wildman–Crippen MR) is 78.9 cm³/mol. The van der Waals surface area contributed by atoms with Gasteiger partial charge in [-0.15, -0.1) is 0 Å². The summed E-state index contributed by atoms with van der Waals surface area (Å²) in [5.74, 6) is -0.456. The average Bonchev–Trinajstić information content (AvgIpc) is 2.78. The topological polar surface area (TPSA) is 101 Å². The van der Waals surface area contributed by atoms with Gasteiger partial charge in [0, 0.05) is 19.5 Å². The minimum atomic E-state index is -3.65. The normalized spacial score (nSPS) is 23.6. The van der Waals surface area contributed by atoms with Crippen LogP contribution in [0.3, 0.4) is 0 Å². The molecule has 1 saturated heterocycles. The summed E-state index contributed by atoms with van der Waals surface area (Å²) in [4.78, 5) is 11.1. The molecule has 1 aliphatic heterocycles. The Morgan fingerprint density at radius 3 is 2.59 bits per heavy atom. The summed E-state index contributed by atoms with van der Waals surface area (Å²) in [6.07, 6.45) is 1.41. The van der Waals surface area contributed by atoms with Crippen molar-refractivity contribution in [3.63, 3.8) is 0 Å². The van der Waals surface area contributed by atoms with E-state index in [1.807, 2.05) is 6.92 Å². The van der Waals surface area contributed by atoms with Crippen LogP contribution < -0.4 is 0 Å².